The SMILES string of the molecule is CC[C@]1(c2ccccc2)NC(=O)N(CC(=O)Nc2ccc(N3CCCC3=O)cc2)C1=O. The van der Waals surface area contributed by atoms with Gasteiger partial charge in [0.25, 0.3) is 5.91 Å². The van der Waals surface area contributed by atoms with Crippen molar-refractivity contribution in [3.05, 3.63) is 60.2 Å². The molecule has 0 aliphatic carbocycles. The van der Waals surface area contributed by atoms with Crippen molar-refractivity contribution in [2.75, 3.05) is 23.3 Å². The normalized spacial score (nSPS) is 20.9. The van der Waals surface area contributed by atoms with E-state index in [4.69, 9.17) is 0 Å². The van der Waals surface area contributed by atoms with E-state index in [0.717, 1.165) is 17.0 Å². The molecule has 2 aromatic carbocycles. The molecule has 2 N–H and O–H groups in total. The van der Waals surface area contributed by atoms with Gasteiger partial charge in [-0.05, 0) is 42.7 Å². The summed E-state index contributed by atoms with van der Waals surface area (Å²) in [5.41, 5.74) is 0.830. The summed E-state index contributed by atoms with van der Waals surface area (Å²) in [4.78, 5) is 52.7. The summed E-state index contributed by atoms with van der Waals surface area (Å²) in [5, 5.41) is 5.47. The summed E-state index contributed by atoms with van der Waals surface area (Å²) >= 11 is 0. The molecule has 5 amide bonds. The molecule has 2 aliphatic heterocycles. The first-order valence-corrected chi connectivity index (χ1v) is 10.3. The molecule has 2 fully saturated rings. The van der Waals surface area contributed by atoms with Gasteiger partial charge in [0.2, 0.25) is 11.8 Å². The number of rotatable bonds is 6. The Morgan fingerprint density at radius 2 is 1.77 bits per heavy atom. The number of anilines is 2. The second kappa shape index (κ2) is 8.22. The van der Waals surface area contributed by atoms with Crippen LogP contribution in [0, 0.1) is 0 Å². The van der Waals surface area contributed by atoms with Crippen molar-refractivity contribution in [3.8, 4) is 0 Å². The van der Waals surface area contributed by atoms with E-state index >= 15 is 0 Å². The molecule has 160 valence electrons. The Labute approximate surface area is 180 Å². The highest BCUT2D eigenvalue weighted by Gasteiger charge is 2.51. The van der Waals surface area contributed by atoms with Gasteiger partial charge in [0, 0.05) is 24.3 Å². The van der Waals surface area contributed by atoms with E-state index in [2.05, 4.69) is 10.6 Å². The molecule has 0 aromatic heterocycles. The number of carbonyl (C=O) groups excluding carboxylic acids is 4. The molecule has 2 heterocycles. The lowest BCUT2D eigenvalue weighted by Crippen LogP contribution is -2.44. The Kier molecular flexibility index (Phi) is 5.46. The first kappa shape index (κ1) is 20.6. The first-order valence-electron chi connectivity index (χ1n) is 10.3. The topological polar surface area (TPSA) is 98.8 Å². The number of imide groups is 1. The number of nitrogens with one attached hydrogen (secondary N) is 2. The van der Waals surface area contributed by atoms with Crippen LogP contribution in [-0.2, 0) is 19.9 Å². The van der Waals surface area contributed by atoms with Gasteiger partial charge in [-0.15, -0.1) is 0 Å². The van der Waals surface area contributed by atoms with E-state index in [-0.39, 0.29) is 12.5 Å². The van der Waals surface area contributed by atoms with Crippen molar-refractivity contribution >= 4 is 35.1 Å². The molecule has 31 heavy (non-hydrogen) atoms. The third-order valence-electron chi connectivity index (χ3n) is 5.81. The fraction of sp³-hybridized carbons (Fsp3) is 0.304. The largest absolute Gasteiger partial charge is 0.325 e. The lowest BCUT2D eigenvalue weighted by atomic mass is 9.87. The van der Waals surface area contributed by atoms with Gasteiger partial charge in [0.05, 0.1) is 0 Å². The number of hydrogen-bond donors (Lipinski definition) is 2. The van der Waals surface area contributed by atoms with Gasteiger partial charge in [0.15, 0.2) is 0 Å². The van der Waals surface area contributed by atoms with Gasteiger partial charge in [-0.25, -0.2) is 4.79 Å². The minimum Gasteiger partial charge on any atom is -0.325 e. The molecular weight excluding hydrogens is 396 g/mol. The summed E-state index contributed by atoms with van der Waals surface area (Å²) in [6.07, 6.45) is 1.76. The predicted molar refractivity (Wildman–Crippen MR) is 115 cm³/mol. The molecule has 1 atom stereocenters. The van der Waals surface area contributed by atoms with Crippen LogP contribution in [0.4, 0.5) is 16.2 Å². The van der Waals surface area contributed by atoms with Gasteiger partial charge in [0.1, 0.15) is 12.1 Å². The van der Waals surface area contributed by atoms with Crippen molar-refractivity contribution in [1.29, 1.82) is 0 Å². The van der Waals surface area contributed by atoms with Crippen molar-refractivity contribution in [3.63, 3.8) is 0 Å². The quantitative estimate of drug-likeness (QED) is 0.702. The molecule has 0 spiro atoms. The van der Waals surface area contributed by atoms with Crippen molar-refractivity contribution in [1.82, 2.24) is 10.2 Å². The van der Waals surface area contributed by atoms with E-state index in [9.17, 15) is 19.2 Å². The maximum absolute atomic E-state index is 13.1. The molecule has 2 saturated heterocycles. The summed E-state index contributed by atoms with van der Waals surface area (Å²) in [6.45, 7) is 2.13. The fourth-order valence-corrected chi connectivity index (χ4v) is 4.12. The third-order valence-corrected chi connectivity index (χ3v) is 5.81. The number of benzene rings is 2. The van der Waals surface area contributed by atoms with Crippen LogP contribution in [0.15, 0.2) is 54.6 Å². The smallest absolute Gasteiger partial charge is 0.325 e. The van der Waals surface area contributed by atoms with Crippen LogP contribution in [0.25, 0.3) is 0 Å². The van der Waals surface area contributed by atoms with Gasteiger partial charge in [-0.3, -0.25) is 19.3 Å². The van der Waals surface area contributed by atoms with Crippen LogP contribution in [0.1, 0.15) is 31.7 Å². The van der Waals surface area contributed by atoms with E-state index in [1.807, 2.05) is 13.0 Å². The fourth-order valence-electron chi connectivity index (χ4n) is 4.12. The third kappa shape index (κ3) is 3.76. The minimum atomic E-state index is -1.16. The Balaban J connectivity index is 1.43. The van der Waals surface area contributed by atoms with Crippen LogP contribution in [0.3, 0.4) is 0 Å². The zero-order valence-electron chi connectivity index (χ0n) is 17.3. The first-order chi connectivity index (χ1) is 14.9. The Morgan fingerprint density at radius 3 is 2.39 bits per heavy atom. The number of nitrogens with zero attached hydrogens (tertiary/aromatic N) is 2. The Bertz CT molecular complexity index is 1020. The Hall–Kier alpha value is -3.68. The van der Waals surface area contributed by atoms with Gasteiger partial charge >= 0.3 is 6.03 Å². The second-order valence-electron chi connectivity index (χ2n) is 7.69. The zero-order chi connectivity index (χ0) is 22.0. The lowest BCUT2D eigenvalue weighted by molar-refractivity contribution is -0.134. The summed E-state index contributed by atoms with van der Waals surface area (Å²) in [6, 6.07) is 15.4. The predicted octanol–water partition coefficient (Wildman–Crippen LogP) is 2.61. The van der Waals surface area contributed by atoms with Crippen LogP contribution in [-0.4, -0.2) is 41.7 Å². The molecule has 0 bridgehead atoms. The van der Waals surface area contributed by atoms with Gasteiger partial charge in [-0.2, -0.15) is 0 Å². The number of amides is 5. The van der Waals surface area contributed by atoms with Gasteiger partial charge in [-0.1, -0.05) is 37.3 Å². The van der Waals surface area contributed by atoms with E-state index in [1.54, 1.807) is 53.4 Å². The average molecular weight is 420 g/mol. The Morgan fingerprint density at radius 1 is 1.06 bits per heavy atom. The van der Waals surface area contributed by atoms with Crippen LogP contribution >= 0.6 is 0 Å². The molecule has 8 nitrogen and oxygen atoms in total. The highest BCUT2D eigenvalue weighted by Crippen LogP contribution is 2.32. The maximum Gasteiger partial charge on any atom is 0.325 e. The molecule has 0 unspecified atom stereocenters. The van der Waals surface area contributed by atoms with Crippen molar-refractivity contribution < 1.29 is 19.2 Å². The summed E-state index contributed by atoms with van der Waals surface area (Å²) < 4.78 is 0. The molecular formula is C23H24N4O4. The van der Waals surface area contributed by atoms with E-state index < -0.39 is 23.4 Å². The van der Waals surface area contributed by atoms with Crippen LogP contribution in [0.5, 0.6) is 0 Å². The molecule has 2 aromatic rings. The zero-order valence-corrected chi connectivity index (χ0v) is 17.3. The van der Waals surface area contributed by atoms with Crippen molar-refractivity contribution in [2.24, 2.45) is 0 Å². The standard InChI is InChI=1S/C23H24N4O4/c1-2-23(16-7-4-3-5-8-16)21(30)27(22(31)25-23)15-19(28)24-17-10-12-18(13-11-17)26-14-6-9-20(26)29/h3-5,7-8,10-13H,2,6,9,14-15H2,1H3,(H,24,28)(H,25,31)/t23-/m1/s1. The van der Waals surface area contributed by atoms with E-state index in [1.165, 1.54) is 0 Å². The molecule has 2 aliphatic rings. The molecule has 4 rings (SSSR count). The summed E-state index contributed by atoms with van der Waals surface area (Å²) in [5.74, 6) is -0.828. The number of urea groups is 1. The second-order valence-corrected chi connectivity index (χ2v) is 7.69. The van der Waals surface area contributed by atoms with Crippen LogP contribution < -0.4 is 15.5 Å². The van der Waals surface area contributed by atoms with Crippen molar-refractivity contribution in [2.45, 2.75) is 31.7 Å². The highest BCUT2D eigenvalue weighted by atomic mass is 16.2. The minimum absolute atomic E-state index is 0.0909. The monoisotopic (exact) mass is 420 g/mol. The summed E-state index contributed by atoms with van der Waals surface area (Å²) in [7, 11) is 0. The number of carbonyl (C=O) groups is 4. The highest BCUT2D eigenvalue weighted by molar-refractivity contribution is 6.10. The number of hydrogen-bond acceptors (Lipinski definition) is 4. The molecule has 0 saturated carbocycles. The van der Waals surface area contributed by atoms with E-state index in [0.29, 0.717) is 30.6 Å². The lowest BCUT2D eigenvalue weighted by Gasteiger charge is -2.25. The maximum atomic E-state index is 13.1. The molecule has 8 heteroatoms. The molecule has 0 radical (unpaired) electrons. The average Bonchev–Trinajstić information content (AvgIpc) is 3.31. The van der Waals surface area contributed by atoms with Gasteiger partial charge < -0.3 is 15.5 Å². The van der Waals surface area contributed by atoms with Crippen LogP contribution in [0.2, 0.25) is 0 Å².